The van der Waals surface area contributed by atoms with Gasteiger partial charge in [-0.1, -0.05) is 59.6 Å². The molecular weight excluding hydrogens is 419 g/mol. The Labute approximate surface area is 184 Å². The average molecular weight is 437 g/mol. The third-order valence-corrected chi connectivity index (χ3v) is 5.09. The third-order valence-electron chi connectivity index (χ3n) is 4.61. The van der Waals surface area contributed by atoms with Crippen molar-refractivity contribution < 1.29 is 4.79 Å². The number of halogens is 2. The molecule has 1 N–H and O–H groups in total. The third kappa shape index (κ3) is 4.37. The molecule has 0 unspecified atom stereocenters. The van der Waals surface area contributed by atoms with E-state index in [4.69, 9.17) is 23.2 Å². The van der Waals surface area contributed by atoms with Crippen molar-refractivity contribution in [2.45, 2.75) is 13.5 Å². The van der Waals surface area contributed by atoms with Crippen LogP contribution in [0.25, 0.3) is 17.1 Å². The zero-order valence-electron chi connectivity index (χ0n) is 16.1. The van der Waals surface area contributed by atoms with E-state index in [2.05, 4.69) is 15.4 Å². The smallest absolute Gasteiger partial charge is 0.291 e. The second kappa shape index (κ2) is 8.69. The van der Waals surface area contributed by atoms with Crippen molar-refractivity contribution >= 4 is 29.1 Å². The SMILES string of the molecule is Cc1ccc(Cl)cc1-n1nc(C(=O)NCc2ccccc2)nc1-c1ccc(Cl)cc1. The molecule has 150 valence electrons. The Morgan fingerprint density at radius 1 is 0.967 bits per heavy atom. The number of carbonyl (C=O) groups excluding carboxylic acids is 1. The number of aromatic nitrogens is 3. The number of nitrogens with zero attached hydrogens (tertiary/aromatic N) is 3. The molecule has 1 heterocycles. The van der Waals surface area contributed by atoms with E-state index in [0.717, 1.165) is 22.4 Å². The minimum atomic E-state index is -0.354. The molecule has 3 aromatic carbocycles. The number of hydrogen-bond acceptors (Lipinski definition) is 3. The topological polar surface area (TPSA) is 59.8 Å². The molecule has 4 rings (SSSR count). The first kappa shape index (κ1) is 20.1. The summed E-state index contributed by atoms with van der Waals surface area (Å²) in [5, 5.41) is 8.55. The monoisotopic (exact) mass is 436 g/mol. The summed E-state index contributed by atoms with van der Waals surface area (Å²) in [6.45, 7) is 2.34. The molecule has 0 aliphatic rings. The predicted octanol–water partition coefficient (Wildman–Crippen LogP) is 5.48. The van der Waals surface area contributed by atoms with Crippen LogP contribution in [0.3, 0.4) is 0 Å². The number of nitrogens with one attached hydrogen (secondary N) is 1. The molecule has 0 saturated heterocycles. The van der Waals surface area contributed by atoms with E-state index < -0.39 is 0 Å². The minimum Gasteiger partial charge on any atom is -0.345 e. The van der Waals surface area contributed by atoms with E-state index in [1.165, 1.54) is 0 Å². The molecule has 5 nitrogen and oxygen atoms in total. The number of benzene rings is 3. The van der Waals surface area contributed by atoms with Crippen molar-refractivity contribution in [2.75, 3.05) is 0 Å². The average Bonchev–Trinajstić information content (AvgIpc) is 3.20. The molecule has 4 aromatic rings. The van der Waals surface area contributed by atoms with E-state index in [9.17, 15) is 4.79 Å². The highest BCUT2D eigenvalue weighted by Gasteiger charge is 2.20. The Morgan fingerprint density at radius 2 is 1.67 bits per heavy atom. The largest absolute Gasteiger partial charge is 0.345 e. The molecule has 0 fully saturated rings. The second-order valence-corrected chi connectivity index (χ2v) is 7.65. The summed E-state index contributed by atoms with van der Waals surface area (Å²) in [6, 6.07) is 22.4. The van der Waals surface area contributed by atoms with Gasteiger partial charge in [0.1, 0.15) is 0 Å². The summed E-state index contributed by atoms with van der Waals surface area (Å²) in [5.41, 5.74) is 3.49. The summed E-state index contributed by atoms with van der Waals surface area (Å²) in [7, 11) is 0. The molecule has 0 aliphatic heterocycles. The van der Waals surface area contributed by atoms with Crippen molar-refractivity contribution in [1.82, 2.24) is 20.1 Å². The predicted molar refractivity (Wildman–Crippen MR) is 119 cm³/mol. The fraction of sp³-hybridized carbons (Fsp3) is 0.0870. The van der Waals surface area contributed by atoms with Gasteiger partial charge in [-0.3, -0.25) is 4.79 Å². The molecule has 0 atom stereocenters. The normalized spacial score (nSPS) is 10.8. The first-order chi connectivity index (χ1) is 14.5. The maximum atomic E-state index is 12.8. The molecule has 0 saturated carbocycles. The van der Waals surface area contributed by atoms with Crippen LogP contribution >= 0.6 is 23.2 Å². The van der Waals surface area contributed by atoms with Gasteiger partial charge in [0.15, 0.2) is 5.82 Å². The quantitative estimate of drug-likeness (QED) is 0.450. The van der Waals surface area contributed by atoms with Crippen molar-refractivity contribution in [3.63, 3.8) is 0 Å². The summed E-state index contributed by atoms with van der Waals surface area (Å²) in [6.07, 6.45) is 0. The van der Waals surface area contributed by atoms with Gasteiger partial charge in [-0.25, -0.2) is 9.67 Å². The van der Waals surface area contributed by atoms with E-state index in [1.807, 2.05) is 61.5 Å². The zero-order valence-corrected chi connectivity index (χ0v) is 17.7. The second-order valence-electron chi connectivity index (χ2n) is 6.78. The first-order valence-corrected chi connectivity index (χ1v) is 10.1. The molecule has 1 amide bonds. The van der Waals surface area contributed by atoms with Gasteiger partial charge in [0, 0.05) is 22.2 Å². The lowest BCUT2D eigenvalue weighted by Gasteiger charge is -2.09. The Balaban J connectivity index is 1.73. The lowest BCUT2D eigenvalue weighted by atomic mass is 10.2. The first-order valence-electron chi connectivity index (χ1n) is 9.33. The van der Waals surface area contributed by atoms with Crippen molar-refractivity contribution in [3.8, 4) is 17.1 Å². The van der Waals surface area contributed by atoms with Crippen LogP contribution in [-0.2, 0) is 6.54 Å². The molecule has 7 heteroatoms. The highest BCUT2D eigenvalue weighted by atomic mass is 35.5. The van der Waals surface area contributed by atoms with Crippen LogP contribution in [0.2, 0.25) is 10.0 Å². The highest BCUT2D eigenvalue weighted by molar-refractivity contribution is 6.31. The Kier molecular flexibility index (Phi) is 5.84. The van der Waals surface area contributed by atoms with Gasteiger partial charge in [0.05, 0.1) is 5.69 Å². The van der Waals surface area contributed by atoms with Gasteiger partial charge in [-0.15, -0.1) is 5.10 Å². The molecule has 0 spiro atoms. The standard InChI is InChI=1S/C23H18Cl2N4O/c1-15-7-10-19(25)13-20(15)29-22(17-8-11-18(24)12-9-17)27-21(28-29)23(30)26-14-16-5-3-2-4-6-16/h2-13H,14H2,1H3,(H,26,30). The zero-order chi connectivity index (χ0) is 21.1. The van der Waals surface area contributed by atoms with Crippen LogP contribution in [0.1, 0.15) is 21.7 Å². The summed E-state index contributed by atoms with van der Waals surface area (Å²) in [4.78, 5) is 17.3. The molecule has 0 aliphatic carbocycles. The van der Waals surface area contributed by atoms with Crippen LogP contribution in [0, 0.1) is 6.92 Å². The van der Waals surface area contributed by atoms with Gasteiger partial charge in [0.2, 0.25) is 5.82 Å². The summed E-state index contributed by atoms with van der Waals surface area (Å²) in [5.74, 6) is 0.254. The molecule has 30 heavy (non-hydrogen) atoms. The van der Waals surface area contributed by atoms with Crippen LogP contribution in [-0.4, -0.2) is 20.7 Å². The van der Waals surface area contributed by atoms with Gasteiger partial charge in [-0.2, -0.15) is 0 Å². The van der Waals surface area contributed by atoms with Gasteiger partial charge in [0.25, 0.3) is 5.91 Å². The van der Waals surface area contributed by atoms with Crippen LogP contribution in [0.15, 0.2) is 72.8 Å². The van der Waals surface area contributed by atoms with Crippen LogP contribution < -0.4 is 5.32 Å². The van der Waals surface area contributed by atoms with E-state index >= 15 is 0 Å². The summed E-state index contributed by atoms with van der Waals surface area (Å²) >= 11 is 12.2. The van der Waals surface area contributed by atoms with Crippen LogP contribution in [0.4, 0.5) is 0 Å². The molecule has 0 bridgehead atoms. The Bertz CT molecular complexity index is 1190. The number of amides is 1. The van der Waals surface area contributed by atoms with Crippen molar-refractivity contribution in [1.29, 1.82) is 0 Å². The molecule has 0 radical (unpaired) electrons. The number of rotatable bonds is 5. The lowest BCUT2D eigenvalue weighted by molar-refractivity contribution is 0.0940. The highest BCUT2D eigenvalue weighted by Crippen LogP contribution is 2.26. The number of aryl methyl sites for hydroxylation is 1. The van der Waals surface area contributed by atoms with Gasteiger partial charge >= 0.3 is 0 Å². The van der Waals surface area contributed by atoms with Gasteiger partial charge < -0.3 is 5.32 Å². The van der Waals surface area contributed by atoms with Crippen molar-refractivity contribution in [3.05, 3.63) is 99.8 Å². The summed E-state index contributed by atoms with van der Waals surface area (Å²) < 4.78 is 1.64. The van der Waals surface area contributed by atoms with E-state index in [0.29, 0.717) is 22.4 Å². The molecule has 1 aromatic heterocycles. The number of hydrogen-bond donors (Lipinski definition) is 1. The maximum Gasteiger partial charge on any atom is 0.291 e. The van der Waals surface area contributed by atoms with Gasteiger partial charge in [-0.05, 0) is 54.4 Å². The van der Waals surface area contributed by atoms with Crippen LogP contribution in [0.5, 0.6) is 0 Å². The van der Waals surface area contributed by atoms with E-state index in [-0.39, 0.29) is 11.7 Å². The Hall–Kier alpha value is -3.15. The molecular formula is C23H18Cl2N4O. The van der Waals surface area contributed by atoms with Crippen molar-refractivity contribution in [2.24, 2.45) is 0 Å². The lowest BCUT2D eigenvalue weighted by Crippen LogP contribution is -2.24. The fourth-order valence-electron chi connectivity index (χ4n) is 3.03. The Morgan fingerprint density at radius 3 is 2.40 bits per heavy atom. The minimum absolute atomic E-state index is 0.0789. The fourth-order valence-corrected chi connectivity index (χ4v) is 3.32. The maximum absolute atomic E-state index is 12.8. The van der Waals surface area contributed by atoms with E-state index in [1.54, 1.807) is 22.9 Å². The number of carbonyl (C=O) groups is 1.